The van der Waals surface area contributed by atoms with E-state index in [1.807, 2.05) is 27.7 Å². The highest BCUT2D eigenvalue weighted by molar-refractivity contribution is 6.06. The van der Waals surface area contributed by atoms with Gasteiger partial charge in [-0.05, 0) is 27.7 Å². The van der Waals surface area contributed by atoms with Crippen LogP contribution in [0.25, 0.3) is 0 Å². The molecule has 0 N–H and O–H groups in total. The number of carbonyl (C=O) groups excluding carboxylic acids is 2. The molecule has 1 saturated heterocycles. The molecule has 0 aromatic rings. The lowest BCUT2D eigenvalue weighted by atomic mass is 9.63. The van der Waals surface area contributed by atoms with Crippen molar-refractivity contribution >= 4 is 11.9 Å². The van der Waals surface area contributed by atoms with Gasteiger partial charge in [-0.15, -0.1) is 0 Å². The Labute approximate surface area is 153 Å². The zero-order chi connectivity index (χ0) is 19.3. The molecule has 0 amide bonds. The number of unbranched alkanes of at least 4 members (excludes halogenated alkanes) is 3. The van der Waals surface area contributed by atoms with E-state index >= 15 is 0 Å². The summed E-state index contributed by atoms with van der Waals surface area (Å²) in [6.45, 7) is 11.7. The Morgan fingerprint density at radius 1 is 0.680 bits per heavy atom. The number of ether oxygens (including phenoxy) is 1. The largest absolute Gasteiger partial charge is 0.391 e. The Balaban J connectivity index is 0.000000823. The molecule has 0 aliphatic carbocycles. The molecule has 0 spiro atoms. The minimum atomic E-state index is -1.10. The normalized spacial score (nSPS) is 19.1. The summed E-state index contributed by atoms with van der Waals surface area (Å²) in [7, 11) is 0. The van der Waals surface area contributed by atoms with Crippen LogP contribution >= 0.6 is 0 Å². The number of carbonyl (C=O) groups is 2. The van der Waals surface area contributed by atoms with Crippen LogP contribution in [-0.2, 0) is 14.3 Å². The van der Waals surface area contributed by atoms with E-state index in [9.17, 15) is 9.59 Å². The SMILES string of the molecule is C/C=C\C1(/C=C\C)C(=O)OC(=O)C1(/C=C\C)/C=C\C.CCCCCC. The minimum absolute atomic E-state index is 0.537. The molecule has 0 aromatic carbocycles. The molecule has 1 heterocycles. The van der Waals surface area contributed by atoms with E-state index in [0.29, 0.717) is 0 Å². The number of rotatable bonds is 7. The van der Waals surface area contributed by atoms with E-state index in [1.165, 1.54) is 25.7 Å². The molecule has 25 heavy (non-hydrogen) atoms. The first-order chi connectivity index (χ1) is 12.0. The predicted octanol–water partition coefficient (Wildman–Crippen LogP) is 5.93. The standard InChI is InChI=1S/C16H20O3.C6H14/c1-5-9-15(10-6-2)13(17)19-14(18)16(15,11-7-3)12-8-4;1-3-5-6-4-2/h5-12H,1-4H3;3-6H2,1-2H3/b9-5-,10-6-,11-7-,12-8-;. The molecule has 1 aliphatic heterocycles. The van der Waals surface area contributed by atoms with Crippen LogP contribution in [0, 0.1) is 10.8 Å². The van der Waals surface area contributed by atoms with E-state index in [0.717, 1.165) is 0 Å². The van der Waals surface area contributed by atoms with Crippen molar-refractivity contribution in [2.45, 2.75) is 67.2 Å². The van der Waals surface area contributed by atoms with Gasteiger partial charge in [-0.3, -0.25) is 9.59 Å². The van der Waals surface area contributed by atoms with Crippen LogP contribution in [0.1, 0.15) is 67.2 Å². The van der Waals surface area contributed by atoms with Gasteiger partial charge in [-0.25, -0.2) is 0 Å². The summed E-state index contributed by atoms with van der Waals surface area (Å²) in [5.74, 6) is -1.07. The van der Waals surface area contributed by atoms with Crippen LogP contribution in [0.5, 0.6) is 0 Å². The topological polar surface area (TPSA) is 43.4 Å². The molecule has 140 valence electrons. The first-order valence-corrected chi connectivity index (χ1v) is 9.28. The third-order valence-electron chi connectivity index (χ3n) is 4.22. The Bertz CT molecular complexity index is 463. The van der Waals surface area contributed by atoms with E-state index in [-0.39, 0.29) is 0 Å². The molecule has 0 aromatic heterocycles. The molecule has 3 nitrogen and oxygen atoms in total. The quantitative estimate of drug-likeness (QED) is 0.248. The zero-order valence-corrected chi connectivity index (χ0v) is 16.7. The van der Waals surface area contributed by atoms with E-state index in [4.69, 9.17) is 4.74 Å². The molecule has 0 bridgehead atoms. The molecule has 0 saturated carbocycles. The van der Waals surface area contributed by atoms with Crippen LogP contribution in [-0.4, -0.2) is 11.9 Å². The van der Waals surface area contributed by atoms with E-state index in [1.54, 1.807) is 48.6 Å². The molecule has 1 rings (SSSR count). The lowest BCUT2D eigenvalue weighted by Gasteiger charge is -2.31. The Hall–Kier alpha value is -1.90. The van der Waals surface area contributed by atoms with Crippen LogP contribution in [0.4, 0.5) is 0 Å². The van der Waals surface area contributed by atoms with Gasteiger partial charge in [0.05, 0.1) is 0 Å². The smallest absolute Gasteiger partial charge is 0.329 e. The maximum absolute atomic E-state index is 12.2. The van der Waals surface area contributed by atoms with Gasteiger partial charge in [0.2, 0.25) is 0 Å². The summed E-state index contributed by atoms with van der Waals surface area (Å²) in [6, 6.07) is 0. The summed E-state index contributed by atoms with van der Waals surface area (Å²) in [5.41, 5.74) is -2.21. The molecule has 0 radical (unpaired) electrons. The van der Waals surface area contributed by atoms with Crippen LogP contribution < -0.4 is 0 Å². The summed E-state index contributed by atoms with van der Waals surface area (Å²) in [6.07, 6.45) is 19.5. The molecular formula is C22H34O3. The summed E-state index contributed by atoms with van der Waals surface area (Å²) >= 11 is 0. The number of esters is 2. The fourth-order valence-electron chi connectivity index (χ4n) is 3.08. The second kappa shape index (κ2) is 11.6. The van der Waals surface area contributed by atoms with Crippen molar-refractivity contribution in [2.75, 3.05) is 0 Å². The number of cyclic esters (lactones) is 2. The molecule has 1 fully saturated rings. The molecule has 0 atom stereocenters. The average Bonchev–Trinajstić information content (AvgIpc) is 2.77. The van der Waals surface area contributed by atoms with Crippen molar-refractivity contribution in [3.63, 3.8) is 0 Å². The predicted molar refractivity (Wildman–Crippen MR) is 105 cm³/mol. The number of hydrogen-bond donors (Lipinski definition) is 0. The second-order valence-electron chi connectivity index (χ2n) is 6.12. The van der Waals surface area contributed by atoms with Gasteiger partial charge in [0.1, 0.15) is 10.8 Å². The monoisotopic (exact) mass is 346 g/mol. The maximum atomic E-state index is 12.2. The highest BCUT2D eigenvalue weighted by atomic mass is 16.6. The summed E-state index contributed by atoms with van der Waals surface area (Å²) in [5, 5.41) is 0. The fraction of sp³-hybridized carbons (Fsp3) is 0.545. The maximum Gasteiger partial charge on any atom is 0.329 e. The van der Waals surface area contributed by atoms with Crippen molar-refractivity contribution in [1.29, 1.82) is 0 Å². The molecule has 1 aliphatic rings. The van der Waals surface area contributed by atoms with Gasteiger partial charge in [0, 0.05) is 0 Å². The first kappa shape index (κ1) is 23.1. The summed E-state index contributed by atoms with van der Waals surface area (Å²) < 4.78 is 4.92. The van der Waals surface area contributed by atoms with Crippen molar-refractivity contribution in [3.05, 3.63) is 48.6 Å². The fourth-order valence-corrected chi connectivity index (χ4v) is 3.08. The van der Waals surface area contributed by atoms with Crippen molar-refractivity contribution in [3.8, 4) is 0 Å². The van der Waals surface area contributed by atoms with Crippen LogP contribution in [0.2, 0.25) is 0 Å². The lowest BCUT2D eigenvalue weighted by Crippen LogP contribution is -2.39. The number of hydrogen-bond acceptors (Lipinski definition) is 3. The zero-order valence-electron chi connectivity index (χ0n) is 16.7. The van der Waals surface area contributed by atoms with E-state index in [2.05, 4.69) is 13.8 Å². The Morgan fingerprint density at radius 3 is 1.16 bits per heavy atom. The molecule has 3 heteroatoms. The second-order valence-corrected chi connectivity index (χ2v) is 6.12. The highest BCUT2D eigenvalue weighted by Crippen LogP contribution is 2.51. The minimum Gasteiger partial charge on any atom is -0.391 e. The lowest BCUT2D eigenvalue weighted by molar-refractivity contribution is -0.154. The van der Waals surface area contributed by atoms with Gasteiger partial charge in [0.15, 0.2) is 0 Å². The van der Waals surface area contributed by atoms with Gasteiger partial charge in [-0.2, -0.15) is 0 Å². The number of allylic oxidation sites excluding steroid dienone is 4. The Morgan fingerprint density at radius 2 is 0.960 bits per heavy atom. The molecule has 0 unspecified atom stereocenters. The molecular weight excluding hydrogens is 312 g/mol. The van der Waals surface area contributed by atoms with Gasteiger partial charge in [-0.1, -0.05) is 88.1 Å². The van der Waals surface area contributed by atoms with Crippen LogP contribution in [0.15, 0.2) is 48.6 Å². The Kier molecular flexibility index (Phi) is 10.7. The van der Waals surface area contributed by atoms with Crippen molar-refractivity contribution in [2.24, 2.45) is 10.8 Å². The van der Waals surface area contributed by atoms with Crippen molar-refractivity contribution in [1.82, 2.24) is 0 Å². The third-order valence-corrected chi connectivity index (χ3v) is 4.22. The first-order valence-electron chi connectivity index (χ1n) is 9.28. The highest BCUT2D eigenvalue weighted by Gasteiger charge is 2.63. The van der Waals surface area contributed by atoms with Crippen LogP contribution in [0.3, 0.4) is 0 Å². The van der Waals surface area contributed by atoms with Gasteiger partial charge < -0.3 is 4.74 Å². The third kappa shape index (κ3) is 5.04. The van der Waals surface area contributed by atoms with Crippen molar-refractivity contribution < 1.29 is 14.3 Å². The average molecular weight is 347 g/mol. The van der Waals surface area contributed by atoms with Gasteiger partial charge >= 0.3 is 11.9 Å². The summed E-state index contributed by atoms with van der Waals surface area (Å²) in [4.78, 5) is 24.5. The van der Waals surface area contributed by atoms with E-state index < -0.39 is 22.8 Å². The van der Waals surface area contributed by atoms with Gasteiger partial charge in [0.25, 0.3) is 0 Å².